The molecule has 0 spiro atoms. The van der Waals surface area contributed by atoms with Gasteiger partial charge in [-0.15, -0.1) is 0 Å². The standard InChI is InChI=1S/C8H14N2O3S/c1-3-4-5-10-8(11)6-7(2)9-14(10,12)13/h6,9H,3-5H2,1-2H3. The van der Waals surface area contributed by atoms with Crippen LogP contribution in [0.1, 0.15) is 26.7 Å². The monoisotopic (exact) mass is 218 g/mol. The van der Waals surface area contributed by atoms with Gasteiger partial charge in [-0.05, 0) is 13.3 Å². The van der Waals surface area contributed by atoms with Gasteiger partial charge in [-0.1, -0.05) is 13.3 Å². The first-order valence-electron chi connectivity index (χ1n) is 4.50. The second-order valence-electron chi connectivity index (χ2n) is 3.20. The van der Waals surface area contributed by atoms with Gasteiger partial charge in [0.1, 0.15) is 0 Å². The number of unbranched alkanes of at least 4 members (excludes halogenated alkanes) is 1. The maximum atomic E-state index is 11.5. The average Bonchev–Trinajstić information content (AvgIpc) is 2.00. The van der Waals surface area contributed by atoms with E-state index in [1.807, 2.05) is 6.92 Å². The summed E-state index contributed by atoms with van der Waals surface area (Å²) in [5.74, 6) is -0.463. The third kappa shape index (κ3) is 2.25. The summed E-state index contributed by atoms with van der Waals surface area (Å²) in [6, 6.07) is 0. The fraction of sp³-hybridized carbons (Fsp3) is 0.625. The highest BCUT2D eigenvalue weighted by molar-refractivity contribution is 7.87. The van der Waals surface area contributed by atoms with Crippen LogP contribution in [0.25, 0.3) is 0 Å². The van der Waals surface area contributed by atoms with E-state index in [9.17, 15) is 13.2 Å². The molecule has 80 valence electrons. The van der Waals surface area contributed by atoms with E-state index in [-0.39, 0.29) is 6.54 Å². The van der Waals surface area contributed by atoms with Crippen molar-refractivity contribution in [2.45, 2.75) is 26.7 Å². The topological polar surface area (TPSA) is 66.5 Å². The first-order valence-corrected chi connectivity index (χ1v) is 5.94. The quantitative estimate of drug-likeness (QED) is 0.744. The molecule has 1 heterocycles. The summed E-state index contributed by atoms with van der Waals surface area (Å²) in [7, 11) is -3.63. The molecular formula is C8H14N2O3S. The summed E-state index contributed by atoms with van der Waals surface area (Å²) in [6.45, 7) is 3.73. The van der Waals surface area contributed by atoms with Crippen molar-refractivity contribution >= 4 is 16.1 Å². The molecule has 0 aromatic carbocycles. The smallest absolute Gasteiger partial charge is 0.270 e. The van der Waals surface area contributed by atoms with E-state index in [1.54, 1.807) is 6.92 Å². The van der Waals surface area contributed by atoms with Gasteiger partial charge in [0.2, 0.25) is 0 Å². The van der Waals surface area contributed by atoms with E-state index in [4.69, 9.17) is 0 Å². The highest BCUT2D eigenvalue weighted by Crippen LogP contribution is 2.10. The van der Waals surface area contributed by atoms with Crippen LogP contribution in [0.5, 0.6) is 0 Å². The van der Waals surface area contributed by atoms with Gasteiger partial charge in [0, 0.05) is 18.3 Å². The molecule has 6 heteroatoms. The fourth-order valence-corrected chi connectivity index (χ4v) is 2.43. The Bertz CT molecular complexity index is 359. The van der Waals surface area contributed by atoms with Crippen LogP contribution in [0.4, 0.5) is 0 Å². The largest absolute Gasteiger partial charge is 0.326 e. The second-order valence-corrected chi connectivity index (χ2v) is 4.79. The number of amides is 1. The molecule has 1 aliphatic rings. The van der Waals surface area contributed by atoms with Crippen molar-refractivity contribution < 1.29 is 13.2 Å². The van der Waals surface area contributed by atoms with Gasteiger partial charge in [0.15, 0.2) is 0 Å². The van der Waals surface area contributed by atoms with Crippen molar-refractivity contribution in [3.8, 4) is 0 Å². The minimum Gasteiger partial charge on any atom is -0.270 e. The summed E-state index contributed by atoms with van der Waals surface area (Å²) in [6.07, 6.45) is 2.82. The van der Waals surface area contributed by atoms with Crippen LogP contribution in [0.3, 0.4) is 0 Å². The maximum Gasteiger partial charge on any atom is 0.326 e. The lowest BCUT2D eigenvalue weighted by Gasteiger charge is -2.25. The van der Waals surface area contributed by atoms with Crippen LogP contribution in [0.15, 0.2) is 11.8 Å². The number of carbonyl (C=O) groups excluding carboxylic acids is 1. The first-order chi connectivity index (χ1) is 6.47. The maximum absolute atomic E-state index is 11.5. The van der Waals surface area contributed by atoms with Gasteiger partial charge >= 0.3 is 10.2 Å². The summed E-state index contributed by atoms with van der Waals surface area (Å²) in [4.78, 5) is 11.4. The van der Waals surface area contributed by atoms with Crippen molar-refractivity contribution in [2.75, 3.05) is 6.54 Å². The van der Waals surface area contributed by atoms with Crippen molar-refractivity contribution in [1.82, 2.24) is 9.03 Å². The Labute approximate surface area is 84.0 Å². The molecule has 5 nitrogen and oxygen atoms in total. The number of nitrogens with one attached hydrogen (secondary N) is 1. The van der Waals surface area contributed by atoms with E-state index in [0.29, 0.717) is 12.1 Å². The van der Waals surface area contributed by atoms with Gasteiger partial charge in [-0.2, -0.15) is 8.42 Å². The van der Waals surface area contributed by atoms with E-state index >= 15 is 0 Å². The minimum atomic E-state index is -3.63. The Kier molecular flexibility index (Phi) is 3.15. The third-order valence-corrected chi connectivity index (χ3v) is 3.40. The highest BCUT2D eigenvalue weighted by Gasteiger charge is 2.29. The van der Waals surface area contributed by atoms with Crippen LogP contribution in [0, 0.1) is 0 Å². The van der Waals surface area contributed by atoms with E-state index in [2.05, 4.69) is 4.72 Å². The summed E-state index contributed by atoms with van der Waals surface area (Å²) in [5, 5.41) is 0. The normalized spacial score (nSPS) is 20.3. The summed E-state index contributed by atoms with van der Waals surface area (Å²) >= 11 is 0. The molecule has 1 N–H and O–H groups in total. The number of allylic oxidation sites excluding steroid dienone is 1. The van der Waals surface area contributed by atoms with E-state index in [0.717, 1.165) is 10.7 Å². The molecule has 0 bridgehead atoms. The van der Waals surface area contributed by atoms with Gasteiger partial charge in [-0.3, -0.25) is 9.52 Å². The Balaban J connectivity index is 2.88. The molecule has 0 unspecified atom stereocenters. The Morgan fingerprint density at radius 2 is 2.14 bits per heavy atom. The second kappa shape index (κ2) is 4.00. The SMILES string of the molecule is CCCCN1C(=O)C=C(C)NS1(=O)=O. The molecule has 1 amide bonds. The molecule has 1 rings (SSSR count). The number of carbonyl (C=O) groups is 1. The summed E-state index contributed by atoms with van der Waals surface area (Å²) < 4.78 is 26.1. The lowest BCUT2D eigenvalue weighted by Crippen LogP contribution is -2.47. The molecule has 0 saturated heterocycles. The van der Waals surface area contributed by atoms with Crippen molar-refractivity contribution in [3.05, 3.63) is 11.8 Å². The molecule has 1 aliphatic heterocycles. The first kappa shape index (κ1) is 11.0. The molecule has 0 radical (unpaired) electrons. The van der Waals surface area contributed by atoms with Crippen LogP contribution in [0.2, 0.25) is 0 Å². The predicted molar refractivity (Wildman–Crippen MR) is 52.4 cm³/mol. The van der Waals surface area contributed by atoms with Crippen molar-refractivity contribution in [3.63, 3.8) is 0 Å². The highest BCUT2D eigenvalue weighted by atomic mass is 32.2. The van der Waals surface area contributed by atoms with Crippen molar-refractivity contribution in [2.24, 2.45) is 0 Å². The molecule has 0 aromatic rings. The molecule has 0 aliphatic carbocycles. The minimum absolute atomic E-state index is 0.244. The van der Waals surface area contributed by atoms with Crippen LogP contribution in [-0.4, -0.2) is 25.2 Å². The Hall–Kier alpha value is -1.04. The summed E-state index contributed by atoms with van der Waals surface area (Å²) in [5.41, 5.74) is 0.364. The zero-order chi connectivity index (χ0) is 10.8. The zero-order valence-electron chi connectivity index (χ0n) is 8.28. The lowest BCUT2D eigenvalue weighted by molar-refractivity contribution is -0.121. The molecule has 0 atom stereocenters. The number of rotatable bonds is 3. The van der Waals surface area contributed by atoms with Crippen LogP contribution < -0.4 is 4.72 Å². The molecule has 0 aromatic heterocycles. The number of nitrogens with zero attached hydrogens (tertiary/aromatic N) is 1. The van der Waals surface area contributed by atoms with Gasteiger partial charge in [0.05, 0.1) is 0 Å². The van der Waals surface area contributed by atoms with Gasteiger partial charge in [-0.25, -0.2) is 4.31 Å². The number of hydrogen-bond acceptors (Lipinski definition) is 3. The van der Waals surface area contributed by atoms with E-state index < -0.39 is 16.1 Å². The zero-order valence-corrected chi connectivity index (χ0v) is 9.10. The van der Waals surface area contributed by atoms with Crippen LogP contribution in [-0.2, 0) is 15.0 Å². The lowest BCUT2D eigenvalue weighted by atomic mass is 10.3. The molecular weight excluding hydrogens is 204 g/mol. The average molecular weight is 218 g/mol. The Morgan fingerprint density at radius 1 is 1.50 bits per heavy atom. The van der Waals surface area contributed by atoms with Crippen LogP contribution >= 0.6 is 0 Å². The predicted octanol–water partition coefficient (Wildman–Crippen LogP) is 0.367. The van der Waals surface area contributed by atoms with E-state index in [1.165, 1.54) is 6.08 Å². The molecule has 14 heavy (non-hydrogen) atoms. The molecule has 0 saturated carbocycles. The van der Waals surface area contributed by atoms with Gasteiger partial charge in [0.25, 0.3) is 5.91 Å². The van der Waals surface area contributed by atoms with Gasteiger partial charge < -0.3 is 0 Å². The third-order valence-electron chi connectivity index (χ3n) is 1.88. The Morgan fingerprint density at radius 3 is 2.64 bits per heavy atom. The van der Waals surface area contributed by atoms with Crippen molar-refractivity contribution in [1.29, 1.82) is 0 Å². The number of hydrogen-bond donors (Lipinski definition) is 1. The fourth-order valence-electron chi connectivity index (χ4n) is 1.20. The molecule has 0 fully saturated rings.